The molecule has 2 aromatic rings. The highest BCUT2D eigenvalue weighted by Crippen LogP contribution is 2.29. The number of hydrogen-bond donors (Lipinski definition) is 2. The zero-order valence-electron chi connectivity index (χ0n) is 11.0. The fraction of sp³-hybridized carbons (Fsp3) is 0.333. The minimum Gasteiger partial charge on any atom is -0.295 e. The van der Waals surface area contributed by atoms with E-state index in [-0.39, 0.29) is 24.0 Å². The summed E-state index contributed by atoms with van der Waals surface area (Å²) >= 11 is 1.57. The molecule has 1 atom stereocenters. The van der Waals surface area contributed by atoms with Crippen molar-refractivity contribution in [3.63, 3.8) is 0 Å². The number of anilines is 1. The lowest BCUT2D eigenvalue weighted by Gasteiger charge is -2.12. The molecule has 2 aromatic heterocycles. The van der Waals surface area contributed by atoms with Crippen LogP contribution in [-0.2, 0) is 14.8 Å². The largest absolute Gasteiger partial charge is 0.295 e. The number of aromatic nitrogens is 2. The zero-order valence-corrected chi connectivity index (χ0v) is 12.7. The van der Waals surface area contributed by atoms with Crippen molar-refractivity contribution in [3.8, 4) is 10.6 Å². The topological polar surface area (TPSA) is 109 Å². The molecule has 0 saturated carbocycles. The normalized spacial score (nSPS) is 19.4. The molecule has 7 nitrogen and oxygen atoms in total. The summed E-state index contributed by atoms with van der Waals surface area (Å²) in [6.07, 6.45) is 0.178. The van der Waals surface area contributed by atoms with E-state index in [1.165, 1.54) is 4.90 Å². The van der Waals surface area contributed by atoms with E-state index in [4.69, 9.17) is 5.14 Å². The van der Waals surface area contributed by atoms with Gasteiger partial charge in [-0.3, -0.25) is 14.8 Å². The Hall–Kier alpha value is -1.71. The van der Waals surface area contributed by atoms with Gasteiger partial charge >= 0.3 is 0 Å². The number of rotatable bonds is 4. The summed E-state index contributed by atoms with van der Waals surface area (Å²) in [6.45, 7) is 0.323. The molecule has 3 heterocycles. The molecule has 1 fully saturated rings. The lowest BCUT2D eigenvalue weighted by atomic mass is 10.1. The van der Waals surface area contributed by atoms with Crippen LogP contribution < -0.4 is 10.0 Å². The summed E-state index contributed by atoms with van der Waals surface area (Å²) in [5.74, 6) is -0.0835. The van der Waals surface area contributed by atoms with Crippen LogP contribution in [0.3, 0.4) is 0 Å². The minimum absolute atomic E-state index is 0.132. The van der Waals surface area contributed by atoms with Crippen LogP contribution in [0.25, 0.3) is 10.6 Å². The van der Waals surface area contributed by atoms with Crippen molar-refractivity contribution in [2.45, 2.75) is 6.42 Å². The van der Waals surface area contributed by atoms with Gasteiger partial charge in [0.2, 0.25) is 15.9 Å². The summed E-state index contributed by atoms with van der Waals surface area (Å²) in [5.41, 5.74) is 0.836. The van der Waals surface area contributed by atoms with Crippen LogP contribution in [0.1, 0.15) is 6.42 Å². The van der Waals surface area contributed by atoms with Gasteiger partial charge in [0.25, 0.3) is 0 Å². The number of hydrogen-bond acceptors (Lipinski definition) is 5. The number of H-pyrrole nitrogens is 1. The van der Waals surface area contributed by atoms with Gasteiger partial charge in [-0.25, -0.2) is 13.6 Å². The second-order valence-electron chi connectivity index (χ2n) is 5.02. The fourth-order valence-electron chi connectivity index (χ4n) is 2.45. The van der Waals surface area contributed by atoms with Crippen molar-refractivity contribution in [1.29, 1.82) is 0 Å². The fourth-order valence-corrected chi connectivity index (χ4v) is 4.02. The average molecular weight is 326 g/mol. The van der Waals surface area contributed by atoms with E-state index in [2.05, 4.69) is 10.2 Å². The first-order chi connectivity index (χ1) is 9.92. The molecule has 1 aliphatic rings. The number of sulfonamides is 1. The van der Waals surface area contributed by atoms with Gasteiger partial charge < -0.3 is 0 Å². The molecule has 0 spiro atoms. The van der Waals surface area contributed by atoms with E-state index in [0.717, 1.165) is 10.6 Å². The van der Waals surface area contributed by atoms with E-state index in [1.54, 1.807) is 17.4 Å². The predicted molar refractivity (Wildman–Crippen MR) is 80.3 cm³/mol. The molecule has 1 aliphatic heterocycles. The number of primary sulfonamides is 1. The standard InChI is InChI=1S/C12H14N4O3S2/c13-21(18,19)7-8-4-12(17)16(6-8)11-5-9(14-15-11)10-2-1-3-20-10/h1-3,5,8H,4,6-7H2,(H,14,15)(H2,13,18,19). The minimum atomic E-state index is -3.57. The number of nitrogens with zero attached hydrogens (tertiary/aromatic N) is 2. The number of nitrogens with one attached hydrogen (secondary N) is 1. The summed E-state index contributed by atoms with van der Waals surface area (Å²) < 4.78 is 22.2. The average Bonchev–Trinajstić information content (AvgIpc) is 3.06. The Morgan fingerprint density at radius 3 is 3.00 bits per heavy atom. The van der Waals surface area contributed by atoms with Gasteiger partial charge in [-0.15, -0.1) is 11.3 Å². The van der Waals surface area contributed by atoms with E-state index in [9.17, 15) is 13.2 Å². The third kappa shape index (κ3) is 3.14. The van der Waals surface area contributed by atoms with Gasteiger partial charge in [0.05, 0.1) is 16.3 Å². The first-order valence-corrected chi connectivity index (χ1v) is 8.92. The number of amides is 1. The third-order valence-electron chi connectivity index (χ3n) is 3.30. The lowest BCUT2D eigenvalue weighted by Crippen LogP contribution is -2.27. The van der Waals surface area contributed by atoms with Crippen LogP contribution in [-0.4, -0.2) is 36.8 Å². The smallest absolute Gasteiger partial charge is 0.228 e. The molecule has 21 heavy (non-hydrogen) atoms. The van der Waals surface area contributed by atoms with E-state index in [1.807, 2.05) is 17.5 Å². The van der Waals surface area contributed by atoms with E-state index >= 15 is 0 Å². The highest BCUT2D eigenvalue weighted by molar-refractivity contribution is 7.89. The van der Waals surface area contributed by atoms with Crippen molar-refractivity contribution in [2.24, 2.45) is 11.1 Å². The Kier molecular flexibility index (Phi) is 3.56. The molecule has 0 aliphatic carbocycles. The Balaban J connectivity index is 1.77. The van der Waals surface area contributed by atoms with Crippen molar-refractivity contribution in [1.82, 2.24) is 10.2 Å². The molecular formula is C12H14N4O3S2. The Morgan fingerprint density at radius 1 is 1.52 bits per heavy atom. The van der Waals surface area contributed by atoms with E-state index in [0.29, 0.717) is 12.4 Å². The number of aromatic amines is 1. The first-order valence-electron chi connectivity index (χ1n) is 6.32. The molecule has 0 radical (unpaired) electrons. The number of nitrogens with two attached hydrogens (primary N) is 1. The molecule has 0 aromatic carbocycles. The second-order valence-corrected chi connectivity index (χ2v) is 7.63. The summed E-state index contributed by atoms with van der Waals surface area (Å²) in [5, 5.41) is 14.0. The Morgan fingerprint density at radius 2 is 2.33 bits per heavy atom. The van der Waals surface area contributed by atoms with Gasteiger partial charge in [-0.1, -0.05) is 6.07 Å². The van der Waals surface area contributed by atoms with Crippen LogP contribution >= 0.6 is 11.3 Å². The number of carbonyl (C=O) groups excluding carboxylic acids is 1. The first kappa shape index (κ1) is 14.2. The molecule has 1 amide bonds. The molecule has 112 valence electrons. The van der Waals surface area contributed by atoms with Crippen molar-refractivity contribution in [2.75, 3.05) is 17.2 Å². The Bertz CT molecular complexity index is 751. The highest BCUT2D eigenvalue weighted by atomic mass is 32.2. The molecule has 3 rings (SSSR count). The molecule has 9 heteroatoms. The van der Waals surface area contributed by atoms with Crippen LogP contribution in [0.5, 0.6) is 0 Å². The second kappa shape index (κ2) is 5.24. The molecule has 1 unspecified atom stereocenters. The maximum absolute atomic E-state index is 12.0. The van der Waals surface area contributed by atoms with Crippen LogP contribution in [0.4, 0.5) is 5.82 Å². The lowest BCUT2D eigenvalue weighted by molar-refractivity contribution is -0.117. The van der Waals surface area contributed by atoms with Gasteiger partial charge in [-0.05, 0) is 11.4 Å². The maximum Gasteiger partial charge on any atom is 0.228 e. The summed E-state index contributed by atoms with van der Waals surface area (Å²) in [7, 11) is -3.57. The summed E-state index contributed by atoms with van der Waals surface area (Å²) in [4.78, 5) is 14.5. The molecule has 0 bridgehead atoms. The SMILES string of the molecule is NS(=O)(=O)CC1CC(=O)N(c2cc(-c3cccs3)[nH]n2)C1. The van der Waals surface area contributed by atoms with Crippen LogP contribution in [0, 0.1) is 5.92 Å². The van der Waals surface area contributed by atoms with Crippen molar-refractivity contribution >= 4 is 33.1 Å². The van der Waals surface area contributed by atoms with Crippen LogP contribution in [0.15, 0.2) is 23.6 Å². The number of carbonyl (C=O) groups is 1. The monoisotopic (exact) mass is 326 g/mol. The quantitative estimate of drug-likeness (QED) is 0.865. The third-order valence-corrected chi connectivity index (χ3v) is 5.14. The summed E-state index contributed by atoms with van der Waals surface area (Å²) in [6, 6.07) is 5.68. The van der Waals surface area contributed by atoms with Crippen LogP contribution in [0.2, 0.25) is 0 Å². The van der Waals surface area contributed by atoms with Gasteiger partial charge in [0.15, 0.2) is 5.82 Å². The van der Waals surface area contributed by atoms with Crippen molar-refractivity contribution in [3.05, 3.63) is 23.6 Å². The van der Waals surface area contributed by atoms with Gasteiger partial charge in [-0.2, -0.15) is 5.10 Å². The van der Waals surface area contributed by atoms with Gasteiger partial charge in [0, 0.05) is 24.9 Å². The van der Waals surface area contributed by atoms with Gasteiger partial charge in [0.1, 0.15) is 0 Å². The molecule has 1 saturated heterocycles. The van der Waals surface area contributed by atoms with Crippen molar-refractivity contribution < 1.29 is 13.2 Å². The molecular weight excluding hydrogens is 312 g/mol. The highest BCUT2D eigenvalue weighted by Gasteiger charge is 2.34. The Labute approximate surface area is 125 Å². The van der Waals surface area contributed by atoms with E-state index < -0.39 is 10.0 Å². The molecule has 3 N–H and O–H groups in total. The number of thiophene rings is 1. The predicted octanol–water partition coefficient (Wildman–Crippen LogP) is 0.780. The zero-order chi connectivity index (χ0) is 15.0. The maximum atomic E-state index is 12.0.